The summed E-state index contributed by atoms with van der Waals surface area (Å²) < 4.78 is 5.84. The third-order valence-corrected chi connectivity index (χ3v) is 12.0. The molecule has 3 unspecified atom stereocenters. The van der Waals surface area contributed by atoms with Gasteiger partial charge in [0.1, 0.15) is 24.7 Å². The molecule has 0 spiro atoms. The molecule has 60 heavy (non-hydrogen) atoms. The molecule has 3 aliphatic rings. The van der Waals surface area contributed by atoms with Crippen LogP contribution in [0.25, 0.3) is 11.1 Å². The number of nitrogens with one attached hydrogen (secondary N) is 6. The van der Waals surface area contributed by atoms with Crippen LogP contribution in [0.3, 0.4) is 0 Å². The van der Waals surface area contributed by atoms with Gasteiger partial charge in [-0.1, -0.05) is 124 Å². The molecule has 2 saturated carbocycles. The second-order valence-corrected chi connectivity index (χ2v) is 16.4. The average Bonchev–Trinajstić information content (AvgIpc) is 4.04. The van der Waals surface area contributed by atoms with Gasteiger partial charge >= 0.3 is 6.09 Å². The zero-order valence-electron chi connectivity index (χ0n) is 34.0. The first-order valence-electron chi connectivity index (χ1n) is 21.1. The predicted octanol–water partition coefficient (Wildman–Crippen LogP) is 4.28. The maximum atomic E-state index is 14.2. The highest BCUT2D eigenvalue weighted by Crippen LogP contribution is 2.44. The number of rotatable bonds is 19. The van der Waals surface area contributed by atoms with Gasteiger partial charge in [-0.3, -0.25) is 24.0 Å². The minimum atomic E-state index is -1.72. The van der Waals surface area contributed by atoms with E-state index in [0.717, 1.165) is 67.2 Å². The van der Waals surface area contributed by atoms with Gasteiger partial charge < -0.3 is 41.5 Å². The molecule has 3 aromatic carbocycles. The molecule has 0 saturated heterocycles. The quantitative estimate of drug-likeness (QED) is 0.0867. The topological polar surface area (TPSA) is 204 Å². The largest absolute Gasteiger partial charge is 0.449 e. The minimum Gasteiger partial charge on any atom is -0.449 e. The van der Waals surface area contributed by atoms with E-state index in [1.54, 1.807) is 30.3 Å². The fraction of sp³-hybridized carbons (Fsp3) is 0.467. The summed E-state index contributed by atoms with van der Waals surface area (Å²) in [6, 6.07) is 20.7. The van der Waals surface area contributed by atoms with E-state index in [-0.39, 0.29) is 30.8 Å². The molecule has 6 rings (SSSR count). The van der Waals surface area contributed by atoms with Gasteiger partial charge in [-0.05, 0) is 74.7 Å². The van der Waals surface area contributed by atoms with Gasteiger partial charge in [-0.15, -0.1) is 0 Å². The van der Waals surface area contributed by atoms with Crippen LogP contribution >= 0.6 is 9.39 Å². The van der Waals surface area contributed by atoms with Crippen molar-refractivity contribution in [1.82, 2.24) is 31.7 Å². The fourth-order valence-corrected chi connectivity index (χ4v) is 8.58. The minimum absolute atomic E-state index is 0.0917. The number of carbonyl (C=O) groups excluding carboxylic acids is 6. The fourth-order valence-electron chi connectivity index (χ4n) is 8.41. The molecule has 0 bridgehead atoms. The average molecular weight is 841 g/mol. The highest BCUT2D eigenvalue weighted by molar-refractivity contribution is 7.15. The molecule has 0 heterocycles. The number of alkyl carbamates (subject to hydrolysis) is 1. The number of ether oxygens (including phenoxy) is 1. The van der Waals surface area contributed by atoms with Crippen LogP contribution in [-0.4, -0.2) is 78.1 Å². The number of hydrogen-bond acceptors (Lipinski definition) is 8. The third kappa shape index (κ3) is 11.5. The van der Waals surface area contributed by atoms with E-state index in [1.165, 1.54) is 0 Å². The van der Waals surface area contributed by atoms with Crippen molar-refractivity contribution in [2.45, 2.75) is 107 Å². The smallest absolute Gasteiger partial charge is 0.407 e. The van der Waals surface area contributed by atoms with Gasteiger partial charge in [-0.25, -0.2) is 4.79 Å². The highest BCUT2D eigenvalue weighted by atomic mass is 31.0. The van der Waals surface area contributed by atoms with Crippen molar-refractivity contribution in [2.24, 2.45) is 11.8 Å². The monoisotopic (exact) mass is 840 g/mol. The Morgan fingerprint density at radius 1 is 0.733 bits per heavy atom. The number of fused-ring (bicyclic) bond motifs is 3. The van der Waals surface area contributed by atoms with E-state index < -0.39 is 72.4 Å². The van der Waals surface area contributed by atoms with Crippen molar-refractivity contribution in [3.63, 3.8) is 0 Å². The molecule has 6 amide bonds. The molecule has 14 nitrogen and oxygen atoms in total. The second kappa shape index (κ2) is 21.3. The van der Waals surface area contributed by atoms with Crippen LogP contribution in [0.1, 0.15) is 99.8 Å². The van der Waals surface area contributed by atoms with Crippen LogP contribution < -0.4 is 31.7 Å². The van der Waals surface area contributed by atoms with Crippen molar-refractivity contribution in [2.75, 3.05) is 13.2 Å². The van der Waals surface area contributed by atoms with Crippen molar-refractivity contribution in [3.8, 4) is 11.1 Å². The Morgan fingerprint density at radius 2 is 1.37 bits per heavy atom. The molecule has 3 aromatic rings. The Hall–Kier alpha value is -5.33. The lowest BCUT2D eigenvalue weighted by molar-refractivity contribution is -0.136. The molecule has 320 valence electrons. The van der Waals surface area contributed by atoms with E-state index in [4.69, 9.17) is 4.74 Å². The number of aliphatic hydroxyl groups is 1. The summed E-state index contributed by atoms with van der Waals surface area (Å²) in [5.41, 5.74) is 4.90. The predicted molar refractivity (Wildman–Crippen MR) is 229 cm³/mol. The van der Waals surface area contributed by atoms with Crippen LogP contribution in [0.5, 0.6) is 0 Å². The summed E-state index contributed by atoms with van der Waals surface area (Å²) in [6.07, 6.45) is 4.79. The zero-order valence-corrected chi connectivity index (χ0v) is 35.1. The molecule has 0 aromatic heterocycles. The SMILES string of the molecule is CCCC(NC(=O)[C@H](CC1CC1)NC(=O)[C@@H](NC(=O)OCC1c2ccccc2-c2ccccc21)C1CCCCC1)C(O)C(=O)NCC(=O)N[C@H](C(=O)NP)c1ccccc1. The van der Waals surface area contributed by atoms with E-state index in [0.29, 0.717) is 18.4 Å². The van der Waals surface area contributed by atoms with Gasteiger partial charge in [0.2, 0.25) is 23.6 Å². The first-order valence-corrected chi connectivity index (χ1v) is 21.7. The Bertz CT molecular complexity index is 1950. The molecule has 0 radical (unpaired) electrons. The summed E-state index contributed by atoms with van der Waals surface area (Å²) in [6.45, 7) is 1.40. The molecule has 0 aliphatic heterocycles. The van der Waals surface area contributed by atoms with Gasteiger partial charge in [0.15, 0.2) is 6.10 Å². The normalized spacial score (nSPS) is 17.3. The molecular weight excluding hydrogens is 784 g/mol. The molecule has 15 heteroatoms. The van der Waals surface area contributed by atoms with Crippen LogP contribution in [0, 0.1) is 11.8 Å². The standard InChI is InChI=1S/C45H57N6O8P/c1-2-13-35(40(53)44(57)46-25-37(52)49-39(43(56)51-60)29-16-7-4-8-17-29)47-41(54)36(24-27-22-23-27)48-42(55)38(28-14-5-3-6-15-28)50-45(58)59-26-34-32-20-11-9-18-30(32)31-19-10-12-21-33(31)34/h4,7-12,16-21,27-28,34-36,38-40,53H,2-3,5-6,13-15,22-26,60H2,1H3,(H,46,57)(H,47,54)(H,48,55)(H,49,52)(H,50,58)(H,51,56)/t35?,36-,38-,39-,40?/m0/s1. The van der Waals surface area contributed by atoms with Crippen LogP contribution in [0.4, 0.5) is 4.79 Å². The number of amides is 6. The van der Waals surface area contributed by atoms with Crippen molar-refractivity contribution in [1.29, 1.82) is 0 Å². The highest BCUT2D eigenvalue weighted by Gasteiger charge is 2.38. The number of hydrogen-bond donors (Lipinski definition) is 7. The molecule has 3 aliphatic carbocycles. The molecule has 2 fully saturated rings. The lowest BCUT2D eigenvalue weighted by atomic mass is 9.83. The zero-order chi connectivity index (χ0) is 42.6. The van der Waals surface area contributed by atoms with Crippen LogP contribution in [0.2, 0.25) is 0 Å². The summed E-state index contributed by atoms with van der Waals surface area (Å²) >= 11 is 0. The van der Waals surface area contributed by atoms with Gasteiger partial charge in [0.25, 0.3) is 5.91 Å². The second-order valence-electron chi connectivity index (χ2n) is 16.1. The maximum absolute atomic E-state index is 14.2. The van der Waals surface area contributed by atoms with E-state index in [1.807, 2.05) is 43.3 Å². The van der Waals surface area contributed by atoms with Crippen LogP contribution in [0.15, 0.2) is 78.9 Å². The number of carbonyl (C=O) groups is 6. The van der Waals surface area contributed by atoms with Gasteiger partial charge in [0.05, 0.1) is 12.6 Å². The Morgan fingerprint density at radius 3 is 1.98 bits per heavy atom. The Balaban J connectivity index is 1.07. The molecule has 6 atom stereocenters. The number of aliphatic hydroxyl groups excluding tert-OH is 1. The van der Waals surface area contributed by atoms with E-state index in [2.05, 4.69) is 53.2 Å². The molecular formula is C45H57N6O8P. The van der Waals surface area contributed by atoms with E-state index in [9.17, 15) is 33.9 Å². The Kier molecular flexibility index (Phi) is 15.7. The van der Waals surface area contributed by atoms with Crippen molar-refractivity contribution < 1.29 is 38.6 Å². The van der Waals surface area contributed by atoms with E-state index >= 15 is 0 Å². The third-order valence-electron chi connectivity index (χ3n) is 11.8. The number of benzene rings is 3. The van der Waals surface area contributed by atoms with Crippen molar-refractivity contribution >= 4 is 45.0 Å². The summed E-state index contributed by atoms with van der Waals surface area (Å²) in [4.78, 5) is 80.1. The lowest BCUT2D eigenvalue weighted by Gasteiger charge is -2.32. The van der Waals surface area contributed by atoms with Gasteiger partial charge in [0, 0.05) is 5.92 Å². The summed E-state index contributed by atoms with van der Waals surface area (Å²) in [7, 11) is 2.09. The van der Waals surface area contributed by atoms with Crippen molar-refractivity contribution in [3.05, 3.63) is 95.6 Å². The molecule has 7 N–H and O–H groups in total. The maximum Gasteiger partial charge on any atom is 0.407 e. The Labute approximate surface area is 353 Å². The van der Waals surface area contributed by atoms with Crippen LogP contribution in [-0.2, 0) is 28.7 Å². The summed E-state index contributed by atoms with van der Waals surface area (Å²) in [5.74, 6) is -3.17. The lowest BCUT2D eigenvalue weighted by Crippen LogP contribution is -2.59. The first kappa shape index (κ1) is 44.2. The first-order chi connectivity index (χ1) is 29.1. The summed E-state index contributed by atoms with van der Waals surface area (Å²) in [5, 5.41) is 27.2. The van der Waals surface area contributed by atoms with Gasteiger partial charge in [-0.2, -0.15) is 0 Å².